The highest BCUT2D eigenvalue weighted by Gasteiger charge is 2.41. The summed E-state index contributed by atoms with van der Waals surface area (Å²) < 4.78 is 12.4. The Labute approximate surface area is 450 Å². The minimum absolute atomic E-state index is 0.0416. The number of aromatic nitrogens is 4. The third-order valence-electron chi connectivity index (χ3n) is 15.8. The number of piperidine rings is 3. The fourth-order valence-corrected chi connectivity index (χ4v) is 12.3. The first-order chi connectivity index (χ1) is 36.7. The number of nitrogens with one attached hydrogen (secondary N) is 3. The van der Waals surface area contributed by atoms with E-state index in [0.29, 0.717) is 72.3 Å². The standard InChI is InChI=1S/C56H76N14O5S/c1-34(2)50(55(73)70-21-7-9-46(70)54(72)64-35(3)38-11-13-39(14-12-38)52-36(4)63-33-76-52)48-29-49(66-75-48)68-24-15-37(16-25-68)32-67-22-19-41(20-23-67)74-42-30-61-56(62-31-42)69-26-17-40(18-27-69)65-45(51(58)53(59)60)28-44(57)43-8-5-6-10-47(43)71/h5-6,8,10-13,28-31,33-35,37,39-41,46,50,65,71H,7,9,14-27,32,57-58H2,1-4H3,(H3,59,60)(H,64,72)/b44-28-,51-45+/t35-,39?,46-,50?/m0/s1. The van der Waals surface area contributed by atoms with Crippen LogP contribution in [-0.2, 0) is 9.59 Å². The van der Waals surface area contributed by atoms with Gasteiger partial charge in [0.2, 0.25) is 17.8 Å². The summed E-state index contributed by atoms with van der Waals surface area (Å²) in [4.78, 5) is 51.9. The molecular weight excluding hydrogens is 981 g/mol. The molecule has 7 heterocycles. The highest BCUT2D eigenvalue weighted by Crippen LogP contribution is 2.36. The number of amides is 2. The van der Waals surface area contributed by atoms with Crippen LogP contribution in [0.3, 0.4) is 0 Å². The van der Waals surface area contributed by atoms with Gasteiger partial charge in [-0.15, -0.1) is 11.3 Å². The van der Waals surface area contributed by atoms with Crippen LogP contribution < -0.4 is 42.4 Å². The number of phenols is 1. The minimum atomic E-state index is -0.536. The maximum atomic E-state index is 14.4. The number of nitrogens with two attached hydrogens (primary N) is 3. The van der Waals surface area contributed by atoms with E-state index in [0.717, 1.165) is 101 Å². The molecule has 0 spiro atoms. The van der Waals surface area contributed by atoms with E-state index in [1.54, 1.807) is 59.0 Å². The molecule has 4 atom stereocenters. The lowest BCUT2D eigenvalue weighted by molar-refractivity contribution is -0.140. The number of hydrogen-bond acceptors (Lipinski definition) is 17. The number of rotatable bonds is 18. The molecule has 4 aromatic rings. The van der Waals surface area contributed by atoms with Gasteiger partial charge in [0.1, 0.15) is 29.6 Å². The Kier molecular flexibility index (Phi) is 17.3. The number of ether oxygens (including phenoxy) is 1. The number of aromatic hydroxyl groups is 1. The van der Waals surface area contributed by atoms with Crippen LogP contribution >= 0.6 is 11.3 Å². The number of likely N-dealkylation sites (tertiary alicyclic amines) is 2. The van der Waals surface area contributed by atoms with Gasteiger partial charge in [0.05, 0.1) is 41.0 Å². The highest BCUT2D eigenvalue weighted by molar-refractivity contribution is 7.09. The van der Waals surface area contributed by atoms with Crippen molar-refractivity contribution in [3.8, 4) is 11.5 Å². The quantitative estimate of drug-likeness (QED) is 0.0329. The first kappa shape index (κ1) is 53.9. The second kappa shape index (κ2) is 24.4. The van der Waals surface area contributed by atoms with Crippen LogP contribution in [0.25, 0.3) is 5.70 Å². The van der Waals surface area contributed by atoms with Gasteiger partial charge < -0.3 is 61.8 Å². The van der Waals surface area contributed by atoms with E-state index in [-0.39, 0.29) is 53.2 Å². The summed E-state index contributed by atoms with van der Waals surface area (Å²) in [6.07, 6.45) is 19.6. The number of amidine groups is 1. The molecule has 4 saturated heterocycles. The lowest BCUT2D eigenvalue weighted by Gasteiger charge is -2.37. The molecule has 4 fully saturated rings. The molecule has 0 saturated carbocycles. The third kappa shape index (κ3) is 12.8. The number of benzene rings is 1. The molecule has 5 aliphatic rings. The average Bonchev–Trinajstić information content (AvgIpc) is 4.23. The Bertz CT molecular complexity index is 2780. The molecule has 4 aliphatic heterocycles. The Morgan fingerprint density at radius 2 is 1.67 bits per heavy atom. The number of nitrogens with zero attached hydrogens (tertiary/aromatic N) is 8. The zero-order valence-corrected chi connectivity index (χ0v) is 45.2. The summed E-state index contributed by atoms with van der Waals surface area (Å²) in [6, 6.07) is 8.08. The van der Waals surface area contributed by atoms with Crippen molar-refractivity contribution in [2.45, 2.75) is 122 Å². The topological polar surface area (TPSA) is 267 Å². The van der Waals surface area contributed by atoms with Crippen LogP contribution in [0.4, 0.5) is 11.8 Å². The van der Waals surface area contributed by atoms with Crippen molar-refractivity contribution in [1.29, 1.82) is 5.41 Å². The largest absolute Gasteiger partial charge is 0.507 e. The maximum Gasteiger partial charge on any atom is 0.243 e. The summed E-state index contributed by atoms with van der Waals surface area (Å²) in [7, 11) is 0. The van der Waals surface area contributed by atoms with E-state index in [1.807, 2.05) is 39.3 Å². The highest BCUT2D eigenvalue weighted by atomic mass is 32.1. The molecule has 10 N–H and O–H groups in total. The summed E-state index contributed by atoms with van der Waals surface area (Å²) in [5, 5.41) is 29.4. The fraction of sp³-hybridized carbons (Fsp3) is 0.518. The molecule has 3 aromatic heterocycles. The van der Waals surface area contributed by atoms with Crippen LogP contribution in [0.15, 0.2) is 94.0 Å². The minimum Gasteiger partial charge on any atom is -0.507 e. The van der Waals surface area contributed by atoms with E-state index < -0.39 is 12.0 Å². The van der Waals surface area contributed by atoms with Gasteiger partial charge in [0.25, 0.3) is 0 Å². The van der Waals surface area contributed by atoms with Gasteiger partial charge in [-0.25, -0.2) is 15.0 Å². The normalized spacial score (nSPS) is 21.6. The van der Waals surface area contributed by atoms with Gasteiger partial charge in [-0.1, -0.05) is 49.4 Å². The van der Waals surface area contributed by atoms with Crippen LogP contribution in [0, 0.1) is 24.2 Å². The van der Waals surface area contributed by atoms with Crippen LogP contribution in [-0.4, -0.2) is 129 Å². The molecule has 0 bridgehead atoms. The van der Waals surface area contributed by atoms with Crippen molar-refractivity contribution in [3.05, 3.63) is 111 Å². The summed E-state index contributed by atoms with van der Waals surface area (Å²) in [5.74, 6) is 2.54. The lowest BCUT2D eigenvalue weighted by Crippen LogP contribution is -2.50. The van der Waals surface area contributed by atoms with Crippen LogP contribution in [0.2, 0.25) is 0 Å². The molecule has 406 valence electrons. The van der Waals surface area contributed by atoms with Crippen molar-refractivity contribution < 1.29 is 24.0 Å². The number of carbonyl (C=O) groups excluding carboxylic acids is 2. The number of phenolic OH excluding ortho intramolecular Hbond substituents is 1. The molecule has 76 heavy (non-hydrogen) atoms. The smallest absolute Gasteiger partial charge is 0.243 e. The number of thiazole rings is 1. The van der Waals surface area contributed by atoms with E-state index in [9.17, 15) is 14.7 Å². The first-order valence-corrected chi connectivity index (χ1v) is 28.0. The third-order valence-corrected chi connectivity index (χ3v) is 16.9. The Morgan fingerprint density at radius 3 is 2.33 bits per heavy atom. The predicted molar refractivity (Wildman–Crippen MR) is 297 cm³/mol. The van der Waals surface area contributed by atoms with E-state index >= 15 is 0 Å². The van der Waals surface area contributed by atoms with Crippen LogP contribution in [0.5, 0.6) is 11.5 Å². The zero-order chi connectivity index (χ0) is 53.5. The van der Waals surface area contributed by atoms with Gasteiger partial charge in [0, 0.05) is 86.5 Å². The Hall–Kier alpha value is -6.93. The Balaban J connectivity index is 0.689. The number of anilines is 2. The van der Waals surface area contributed by atoms with Gasteiger partial charge in [-0.2, -0.15) is 0 Å². The molecule has 1 aromatic carbocycles. The number of aryl methyl sites for hydroxylation is 1. The Morgan fingerprint density at radius 1 is 0.947 bits per heavy atom. The number of carbonyl (C=O) groups is 2. The number of para-hydroxylation sites is 1. The van der Waals surface area contributed by atoms with Crippen LogP contribution in [0.1, 0.15) is 112 Å². The molecule has 2 amide bonds. The van der Waals surface area contributed by atoms with E-state index in [2.05, 4.69) is 63.7 Å². The second-order valence-electron chi connectivity index (χ2n) is 21.5. The van der Waals surface area contributed by atoms with Gasteiger partial charge in [-0.05, 0) is 107 Å². The zero-order valence-electron chi connectivity index (χ0n) is 44.4. The van der Waals surface area contributed by atoms with Crippen molar-refractivity contribution >= 4 is 46.5 Å². The predicted octanol–water partition coefficient (Wildman–Crippen LogP) is 6.26. The molecule has 0 radical (unpaired) electrons. The molecule has 9 rings (SSSR count). The number of hydrogen-bond donors (Lipinski definition) is 7. The number of allylic oxidation sites excluding steroid dienone is 3. The van der Waals surface area contributed by atoms with Crippen molar-refractivity contribution in [2.75, 3.05) is 62.2 Å². The molecule has 1 aliphatic carbocycles. The second-order valence-corrected chi connectivity index (χ2v) is 22.4. The molecule has 20 heteroatoms. The molecule has 2 unspecified atom stereocenters. The molecular formula is C56H76N14O5S. The monoisotopic (exact) mass is 1060 g/mol. The summed E-state index contributed by atoms with van der Waals surface area (Å²) in [5.41, 5.74) is 23.6. The summed E-state index contributed by atoms with van der Waals surface area (Å²) in [6.45, 7) is 14.8. The fourth-order valence-electron chi connectivity index (χ4n) is 11.4. The van der Waals surface area contributed by atoms with E-state index in [1.165, 1.54) is 4.88 Å². The SMILES string of the molecule is Cc1ncsc1C1C=CC([C@H](C)NC(=O)[C@@H]2CCCN2C(=O)C(c2cc(N3CCC(CN4CCC(Oc5cnc(N6CCC(NC(/C=C(\N)c7ccccc7O)=C(/N)C(=N)N)CC6)nc5)CC4)CC3)no2)C(C)C)=CC1. The van der Waals surface area contributed by atoms with Gasteiger partial charge in [-0.3, -0.25) is 15.0 Å². The van der Waals surface area contributed by atoms with Crippen molar-refractivity contribution in [2.24, 2.45) is 29.0 Å². The average molecular weight is 1060 g/mol. The van der Waals surface area contributed by atoms with E-state index in [4.69, 9.17) is 31.9 Å². The van der Waals surface area contributed by atoms with Gasteiger partial charge >= 0.3 is 0 Å². The lowest BCUT2D eigenvalue weighted by atomic mass is 9.91. The van der Waals surface area contributed by atoms with Crippen molar-refractivity contribution in [1.82, 2.24) is 40.5 Å². The first-order valence-electron chi connectivity index (χ1n) is 27.1. The summed E-state index contributed by atoms with van der Waals surface area (Å²) >= 11 is 1.69. The molecule has 19 nitrogen and oxygen atoms in total. The van der Waals surface area contributed by atoms with Crippen molar-refractivity contribution in [3.63, 3.8) is 0 Å². The van der Waals surface area contributed by atoms with Gasteiger partial charge in [0.15, 0.2) is 17.3 Å². The maximum absolute atomic E-state index is 14.4.